The van der Waals surface area contributed by atoms with Crippen molar-refractivity contribution in [2.45, 2.75) is 50.1 Å². The fourth-order valence-electron chi connectivity index (χ4n) is 5.26. The predicted molar refractivity (Wildman–Crippen MR) is 147 cm³/mol. The molecule has 2 amide bonds. The summed E-state index contributed by atoms with van der Waals surface area (Å²) in [5.41, 5.74) is 2.94. The number of benzene rings is 3. The van der Waals surface area contributed by atoms with E-state index in [1.165, 1.54) is 12.1 Å². The van der Waals surface area contributed by atoms with Crippen LogP contribution in [0.1, 0.15) is 48.9 Å². The molecule has 3 aromatic rings. The summed E-state index contributed by atoms with van der Waals surface area (Å²) in [5.74, 6) is -0.442. The molecule has 2 aliphatic rings. The van der Waals surface area contributed by atoms with Gasteiger partial charge >= 0.3 is 0 Å². The van der Waals surface area contributed by atoms with Crippen molar-refractivity contribution in [3.05, 3.63) is 112 Å². The zero-order chi connectivity index (χ0) is 25.8. The van der Waals surface area contributed by atoms with E-state index in [9.17, 15) is 14.0 Å². The molecule has 1 N–H and O–H groups in total. The van der Waals surface area contributed by atoms with Crippen molar-refractivity contribution in [1.82, 2.24) is 10.2 Å². The monoisotopic (exact) mass is 514 g/mol. The first kappa shape index (κ1) is 25.3. The maximum Gasteiger partial charge on any atom is 0.260 e. The van der Waals surface area contributed by atoms with E-state index < -0.39 is 0 Å². The Morgan fingerprint density at radius 3 is 2.41 bits per heavy atom. The van der Waals surface area contributed by atoms with Crippen molar-refractivity contribution >= 4 is 29.7 Å². The van der Waals surface area contributed by atoms with Gasteiger partial charge in [-0.3, -0.25) is 9.59 Å². The molecule has 1 saturated carbocycles. The fourth-order valence-corrected chi connectivity index (χ4v) is 6.67. The number of carbonyl (C=O) groups is 2. The number of amides is 2. The zero-order valence-corrected chi connectivity index (χ0v) is 21.7. The highest BCUT2D eigenvalue weighted by atomic mass is 32.2. The van der Waals surface area contributed by atoms with Crippen LogP contribution in [0.5, 0.6) is 0 Å². The normalized spacial score (nSPS) is 23.4. The summed E-state index contributed by atoms with van der Waals surface area (Å²) in [5, 5.41) is 3.39. The van der Waals surface area contributed by atoms with Crippen LogP contribution < -0.4 is 5.32 Å². The van der Waals surface area contributed by atoms with Crippen molar-refractivity contribution in [2.24, 2.45) is 5.92 Å². The van der Waals surface area contributed by atoms with E-state index in [0.717, 1.165) is 34.4 Å². The minimum absolute atomic E-state index is 0.0295. The van der Waals surface area contributed by atoms with E-state index in [-0.39, 0.29) is 40.9 Å². The number of rotatable bonds is 6. The van der Waals surface area contributed by atoms with Gasteiger partial charge in [-0.25, -0.2) is 4.39 Å². The van der Waals surface area contributed by atoms with Crippen LogP contribution in [-0.2, 0) is 16.1 Å². The lowest BCUT2D eigenvalue weighted by Crippen LogP contribution is -2.53. The summed E-state index contributed by atoms with van der Waals surface area (Å²) in [4.78, 5) is 29.7. The molecule has 0 radical (unpaired) electrons. The van der Waals surface area contributed by atoms with E-state index in [4.69, 9.17) is 0 Å². The number of nitrogens with one attached hydrogen (secondary N) is 1. The first-order valence-corrected chi connectivity index (χ1v) is 13.7. The molecular weight excluding hydrogens is 483 g/mol. The van der Waals surface area contributed by atoms with Crippen LogP contribution in [-0.4, -0.2) is 28.0 Å². The standard InChI is InChI=1S/C31H31FN2O2S/c1-21(24-10-6-3-7-11-24)33-30(35)25-14-17-28-27(19-25)34(20-23-12-15-26(32)16-13-23)31(36)29(37-28)18-22-8-4-2-5-9-22/h2-13,15-16,18,21,25,27-28H,14,17,19-20H2,1H3,(H,33,35)/b29-18-. The molecule has 0 bridgehead atoms. The van der Waals surface area contributed by atoms with Gasteiger partial charge in [0.25, 0.3) is 5.91 Å². The Hall–Kier alpha value is -3.38. The topological polar surface area (TPSA) is 49.4 Å². The Balaban J connectivity index is 1.37. The van der Waals surface area contributed by atoms with Gasteiger partial charge in [-0.2, -0.15) is 0 Å². The van der Waals surface area contributed by atoms with Crippen LogP contribution in [0, 0.1) is 11.7 Å². The lowest BCUT2D eigenvalue weighted by Gasteiger charge is -2.46. The van der Waals surface area contributed by atoms with E-state index in [1.54, 1.807) is 23.9 Å². The van der Waals surface area contributed by atoms with Crippen LogP contribution in [0.2, 0.25) is 0 Å². The second-order valence-electron chi connectivity index (χ2n) is 9.85. The Morgan fingerprint density at radius 1 is 1.03 bits per heavy atom. The SMILES string of the molecule is CC(NC(=O)C1CCC2S/C(=C\c3ccccc3)C(=O)N(Cc3ccc(F)cc3)C2C1)c1ccccc1. The fraction of sp³-hybridized carbons (Fsp3) is 0.290. The smallest absolute Gasteiger partial charge is 0.260 e. The van der Waals surface area contributed by atoms with Crippen molar-refractivity contribution in [2.75, 3.05) is 0 Å². The Morgan fingerprint density at radius 2 is 1.70 bits per heavy atom. The van der Waals surface area contributed by atoms with E-state index >= 15 is 0 Å². The van der Waals surface area contributed by atoms with Gasteiger partial charge in [-0.15, -0.1) is 11.8 Å². The van der Waals surface area contributed by atoms with Gasteiger partial charge in [0, 0.05) is 23.8 Å². The van der Waals surface area contributed by atoms with Gasteiger partial charge in [0.15, 0.2) is 0 Å². The van der Waals surface area contributed by atoms with E-state index in [2.05, 4.69) is 5.32 Å². The minimum atomic E-state index is -0.297. The Labute approximate surface area is 222 Å². The van der Waals surface area contributed by atoms with Gasteiger partial charge in [-0.1, -0.05) is 72.8 Å². The molecule has 4 unspecified atom stereocenters. The number of hydrogen-bond acceptors (Lipinski definition) is 3. The molecule has 1 saturated heterocycles. The van der Waals surface area contributed by atoms with Gasteiger partial charge in [0.2, 0.25) is 5.91 Å². The third kappa shape index (κ3) is 5.96. The molecular formula is C31H31FN2O2S. The number of thioether (sulfide) groups is 1. The maximum atomic E-state index is 13.8. The molecule has 4 atom stereocenters. The average molecular weight is 515 g/mol. The molecule has 2 fully saturated rings. The van der Waals surface area contributed by atoms with Gasteiger partial charge < -0.3 is 10.2 Å². The largest absolute Gasteiger partial charge is 0.349 e. The lowest BCUT2D eigenvalue weighted by molar-refractivity contribution is -0.134. The second kappa shape index (κ2) is 11.3. The van der Waals surface area contributed by atoms with Crippen LogP contribution >= 0.6 is 11.8 Å². The molecule has 190 valence electrons. The summed E-state index contributed by atoms with van der Waals surface area (Å²) in [6.07, 6.45) is 4.23. The summed E-state index contributed by atoms with van der Waals surface area (Å²) in [6, 6.07) is 26.0. The first-order chi connectivity index (χ1) is 18.0. The quantitative estimate of drug-likeness (QED) is 0.390. The molecule has 6 heteroatoms. The predicted octanol–water partition coefficient (Wildman–Crippen LogP) is 6.36. The highest BCUT2D eigenvalue weighted by molar-refractivity contribution is 8.04. The molecule has 4 nitrogen and oxygen atoms in total. The van der Waals surface area contributed by atoms with Crippen molar-refractivity contribution < 1.29 is 14.0 Å². The molecule has 1 aliphatic heterocycles. The molecule has 0 aromatic heterocycles. The van der Waals surface area contributed by atoms with E-state index in [0.29, 0.717) is 13.0 Å². The first-order valence-electron chi connectivity index (χ1n) is 12.8. The van der Waals surface area contributed by atoms with Crippen molar-refractivity contribution in [1.29, 1.82) is 0 Å². The van der Waals surface area contributed by atoms with Gasteiger partial charge in [0.1, 0.15) is 5.82 Å². The van der Waals surface area contributed by atoms with Crippen LogP contribution in [0.3, 0.4) is 0 Å². The minimum Gasteiger partial charge on any atom is -0.349 e. The third-order valence-electron chi connectivity index (χ3n) is 7.30. The number of hydrogen-bond donors (Lipinski definition) is 1. The third-order valence-corrected chi connectivity index (χ3v) is 8.70. The molecule has 3 aromatic carbocycles. The van der Waals surface area contributed by atoms with Crippen LogP contribution in [0.25, 0.3) is 6.08 Å². The zero-order valence-electron chi connectivity index (χ0n) is 20.8. The van der Waals surface area contributed by atoms with Gasteiger partial charge in [-0.05, 0) is 61.1 Å². The number of nitrogens with zero attached hydrogens (tertiary/aromatic N) is 1. The van der Waals surface area contributed by atoms with E-state index in [1.807, 2.05) is 78.6 Å². The van der Waals surface area contributed by atoms with Crippen LogP contribution in [0.4, 0.5) is 4.39 Å². The highest BCUT2D eigenvalue weighted by Gasteiger charge is 2.44. The Bertz CT molecular complexity index is 1260. The summed E-state index contributed by atoms with van der Waals surface area (Å²) >= 11 is 1.64. The number of halogens is 1. The average Bonchev–Trinajstić information content (AvgIpc) is 2.93. The molecule has 5 rings (SSSR count). The molecule has 0 spiro atoms. The van der Waals surface area contributed by atoms with Crippen LogP contribution in [0.15, 0.2) is 89.8 Å². The summed E-state index contributed by atoms with van der Waals surface area (Å²) < 4.78 is 13.5. The molecule has 1 heterocycles. The number of fused-ring (bicyclic) bond motifs is 1. The second-order valence-corrected chi connectivity index (χ2v) is 11.1. The summed E-state index contributed by atoms with van der Waals surface area (Å²) in [7, 11) is 0. The Kier molecular flexibility index (Phi) is 7.75. The van der Waals surface area contributed by atoms with Crippen molar-refractivity contribution in [3.63, 3.8) is 0 Å². The van der Waals surface area contributed by atoms with Crippen molar-refractivity contribution in [3.8, 4) is 0 Å². The number of carbonyl (C=O) groups excluding carboxylic acids is 2. The van der Waals surface area contributed by atoms with Gasteiger partial charge in [0.05, 0.1) is 10.9 Å². The molecule has 1 aliphatic carbocycles. The maximum absolute atomic E-state index is 13.8. The lowest BCUT2D eigenvalue weighted by atomic mass is 9.83. The molecule has 37 heavy (non-hydrogen) atoms. The summed E-state index contributed by atoms with van der Waals surface area (Å²) in [6.45, 7) is 2.39. The highest BCUT2D eigenvalue weighted by Crippen LogP contribution is 2.44.